The van der Waals surface area contributed by atoms with E-state index in [0.717, 1.165) is 32.2 Å². The van der Waals surface area contributed by atoms with Crippen molar-refractivity contribution in [3.8, 4) is 0 Å². The van der Waals surface area contributed by atoms with E-state index in [1.54, 1.807) is 0 Å². The fraction of sp³-hybridized carbons (Fsp3) is 0.562. The average molecular weight is 275 g/mol. The third-order valence-electron chi connectivity index (χ3n) is 4.05. The summed E-state index contributed by atoms with van der Waals surface area (Å²) in [6, 6.07) is 10.3. The molecule has 1 aromatic rings. The molecule has 0 aliphatic heterocycles. The first-order chi connectivity index (χ1) is 9.59. The Balaban J connectivity index is 1.60. The van der Waals surface area contributed by atoms with Gasteiger partial charge in [-0.2, -0.15) is 0 Å². The predicted octanol–water partition coefficient (Wildman–Crippen LogP) is 1.90. The largest absolute Gasteiger partial charge is 0.375 e. The molecule has 4 heteroatoms. The molecule has 1 aliphatic rings. The highest BCUT2D eigenvalue weighted by Crippen LogP contribution is 2.31. The third-order valence-corrected chi connectivity index (χ3v) is 4.05. The van der Waals surface area contributed by atoms with Crippen LogP contribution in [0.2, 0.25) is 0 Å². The summed E-state index contributed by atoms with van der Waals surface area (Å²) in [6.45, 7) is 1.64. The summed E-state index contributed by atoms with van der Waals surface area (Å²) in [6.07, 6.45) is 4.54. The second-order valence-electron chi connectivity index (χ2n) is 5.85. The standard InChI is InChI=1S/C16H25N3O/c1-19(14-7-3-2-4-8-14)12-6-11-18-15(20)13-16(17)9-5-10-16/h2-4,7-8H,5-6,9-13,17H2,1H3,(H,18,20). The Hall–Kier alpha value is -1.55. The zero-order valence-corrected chi connectivity index (χ0v) is 12.3. The van der Waals surface area contributed by atoms with Crippen molar-refractivity contribution in [2.75, 3.05) is 25.0 Å². The second kappa shape index (κ2) is 6.75. The summed E-state index contributed by atoms with van der Waals surface area (Å²) in [4.78, 5) is 14.0. The van der Waals surface area contributed by atoms with E-state index < -0.39 is 0 Å². The van der Waals surface area contributed by atoms with E-state index in [1.165, 1.54) is 5.69 Å². The highest BCUT2D eigenvalue weighted by Gasteiger charge is 2.34. The summed E-state index contributed by atoms with van der Waals surface area (Å²) in [5, 5.41) is 2.97. The minimum Gasteiger partial charge on any atom is -0.375 e. The van der Waals surface area contributed by atoms with Gasteiger partial charge in [-0.25, -0.2) is 0 Å². The number of hydrogen-bond donors (Lipinski definition) is 2. The Morgan fingerprint density at radius 3 is 2.65 bits per heavy atom. The molecule has 1 aromatic carbocycles. The summed E-state index contributed by atoms with van der Waals surface area (Å²) in [5.41, 5.74) is 7.05. The van der Waals surface area contributed by atoms with Crippen LogP contribution in [-0.2, 0) is 4.79 Å². The molecule has 1 saturated carbocycles. The Labute approximate surface area is 121 Å². The number of nitrogens with two attached hydrogens (primary N) is 1. The Morgan fingerprint density at radius 1 is 1.35 bits per heavy atom. The van der Waals surface area contributed by atoms with Gasteiger partial charge in [0.2, 0.25) is 5.91 Å². The molecule has 0 unspecified atom stereocenters. The number of amides is 1. The van der Waals surface area contributed by atoms with Gasteiger partial charge in [-0.05, 0) is 37.8 Å². The minimum atomic E-state index is -0.217. The maximum absolute atomic E-state index is 11.8. The van der Waals surface area contributed by atoms with Crippen LogP contribution in [0.3, 0.4) is 0 Å². The highest BCUT2D eigenvalue weighted by atomic mass is 16.1. The molecule has 0 bridgehead atoms. The number of nitrogens with one attached hydrogen (secondary N) is 1. The van der Waals surface area contributed by atoms with Gasteiger partial charge in [0, 0.05) is 37.8 Å². The molecule has 0 spiro atoms. The van der Waals surface area contributed by atoms with Crippen LogP contribution in [0.4, 0.5) is 5.69 Å². The lowest BCUT2D eigenvalue weighted by Gasteiger charge is -2.37. The lowest BCUT2D eigenvalue weighted by molar-refractivity contribution is -0.122. The lowest BCUT2D eigenvalue weighted by atomic mass is 9.75. The van der Waals surface area contributed by atoms with E-state index in [1.807, 2.05) is 18.2 Å². The molecule has 0 aromatic heterocycles. The maximum atomic E-state index is 11.8. The number of nitrogens with zero attached hydrogens (tertiary/aromatic N) is 1. The van der Waals surface area contributed by atoms with Gasteiger partial charge in [0.05, 0.1) is 0 Å². The molecule has 1 aliphatic carbocycles. The number of hydrogen-bond acceptors (Lipinski definition) is 3. The van der Waals surface area contributed by atoms with Gasteiger partial charge in [-0.1, -0.05) is 18.2 Å². The molecule has 3 N–H and O–H groups in total. The Kier molecular flexibility index (Phi) is 5.01. The van der Waals surface area contributed by atoms with Crippen molar-refractivity contribution in [2.45, 2.75) is 37.6 Å². The number of carbonyl (C=O) groups is 1. The molecule has 110 valence electrons. The van der Waals surface area contributed by atoms with Crippen LogP contribution < -0.4 is 16.0 Å². The van der Waals surface area contributed by atoms with Crippen LogP contribution in [-0.4, -0.2) is 31.6 Å². The Bertz CT molecular complexity index is 429. The van der Waals surface area contributed by atoms with E-state index in [4.69, 9.17) is 5.73 Å². The molecule has 0 saturated heterocycles. The molecule has 0 radical (unpaired) electrons. The van der Waals surface area contributed by atoms with Gasteiger partial charge < -0.3 is 16.0 Å². The number of para-hydroxylation sites is 1. The third kappa shape index (κ3) is 4.23. The van der Waals surface area contributed by atoms with Crippen molar-refractivity contribution < 1.29 is 4.79 Å². The fourth-order valence-electron chi connectivity index (χ4n) is 2.55. The first kappa shape index (κ1) is 14.9. The van der Waals surface area contributed by atoms with Crippen LogP contribution in [0.15, 0.2) is 30.3 Å². The SMILES string of the molecule is CN(CCCNC(=O)CC1(N)CCC1)c1ccccc1. The number of rotatable bonds is 7. The highest BCUT2D eigenvalue weighted by molar-refractivity contribution is 5.77. The molecular weight excluding hydrogens is 250 g/mol. The molecule has 4 nitrogen and oxygen atoms in total. The predicted molar refractivity (Wildman–Crippen MR) is 82.7 cm³/mol. The number of anilines is 1. The molecule has 0 heterocycles. The van der Waals surface area contributed by atoms with Crippen LogP contribution >= 0.6 is 0 Å². The van der Waals surface area contributed by atoms with E-state index in [9.17, 15) is 4.79 Å². The fourth-order valence-corrected chi connectivity index (χ4v) is 2.55. The summed E-state index contributed by atoms with van der Waals surface area (Å²) < 4.78 is 0. The Morgan fingerprint density at radius 2 is 2.05 bits per heavy atom. The van der Waals surface area contributed by atoms with Crippen LogP contribution in [0, 0.1) is 0 Å². The minimum absolute atomic E-state index is 0.0922. The second-order valence-corrected chi connectivity index (χ2v) is 5.85. The van der Waals surface area contributed by atoms with Crippen molar-refractivity contribution in [2.24, 2.45) is 5.73 Å². The molecule has 20 heavy (non-hydrogen) atoms. The zero-order valence-electron chi connectivity index (χ0n) is 12.3. The number of carbonyl (C=O) groups excluding carboxylic acids is 1. The topological polar surface area (TPSA) is 58.4 Å². The average Bonchev–Trinajstić information content (AvgIpc) is 2.42. The van der Waals surface area contributed by atoms with Gasteiger partial charge in [-0.3, -0.25) is 4.79 Å². The van der Waals surface area contributed by atoms with E-state index in [0.29, 0.717) is 13.0 Å². The van der Waals surface area contributed by atoms with Crippen LogP contribution in [0.5, 0.6) is 0 Å². The van der Waals surface area contributed by atoms with Crippen LogP contribution in [0.1, 0.15) is 32.1 Å². The monoisotopic (exact) mass is 275 g/mol. The van der Waals surface area contributed by atoms with E-state index >= 15 is 0 Å². The first-order valence-electron chi connectivity index (χ1n) is 7.41. The molecule has 1 fully saturated rings. The smallest absolute Gasteiger partial charge is 0.221 e. The first-order valence-corrected chi connectivity index (χ1v) is 7.41. The van der Waals surface area contributed by atoms with Gasteiger partial charge in [0.15, 0.2) is 0 Å². The molecule has 0 atom stereocenters. The van der Waals surface area contributed by atoms with Crippen molar-refractivity contribution in [1.82, 2.24) is 5.32 Å². The molecule has 1 amide bonds. The maximum Gasteiger partial charge on any atom is 0.221 e. The summed E-state index contributed by atoms with van der Waals surface area (Å²) in [5.74, 6) is 0.0922. The zero-order chi connectivity index (χ0) is 14.4. The lowest BCUT2D eigenvalue weighted by Crippen LogP contribution is -2.50. The molecular formula is C16H25N3O. The van der Waals surface area contributed by atoms with E-state index in [-0.39, 0.29) is 11.4 Å². The summed E-state index contributed by atoms with van der Waals surface area (Å²) >= 11 is 0. The van der Waals surface area contributed by atoms with Crippen molar-refractivity contribution in [1.29, 1.82) is 0 Å². The van der Waals surface area contributed by atoms with E-state index in [2.05, 4.69) is 29.4 Å². The number of benzene rings is 1. The van der Waals surface area contributed by atoms with Crippen molar-refractivity contribution >= 4 is 11.6 Å². The summed E-state index contributed by atoms with van der Waals surface area (Å²) in [7, 11) is 2.07. The van der Waals surface area contributed by atoms with Gasteiger partial charge >= 0.3 is 0 Å². The van der Waals surface area contributed by atoms with Crippen molar-refractivity contribution in [3.63, 3.8) is 0 Å². The normalized spacial score (nSPS) is 16.3. The van der Waals surface area contributed by atoms with Crippen molar-refractivity contribution in [3.05, 3.63) is 30.3 Å². The van der Waals surface area contributed by atoms with Gasteiger partial charge in [0.1, 0.15) is 0 Å². The van der Waals surface area contributed by atoms with Crippen LogP contribution in [0.25, 0.3) is 0 Å². The van der Waals surface area contributed by atoms with Gasteiger partial charge in [0.25, 0.3) is 0 Å². The molecule has 2 rings (SSSR count). The van der Waals surface area contributed by atoms with Gasteiger partial charge in [-0.15, -0.1) is 0 Å². The quantitative estimate of drug-likeness (QED) is 0.747.